The molecule has 32 heteroatoms. The smallest absolute Gasteiger partial charge is 0.336 e. The van der Waals surface area contributed by atoms with Gasteiger partial charge < -0.3 is 29.6 Å². The molecular formula is C54H40N12O20. The van der Waals surface area contributed by atoms with E-state index in [4.69, 9.17) is 20.4 Å². The number of non-ortho nitro benzene ring substituents is 6. The number of hydrogen-bond donors (Lipinski definition) is 4. The number of para-hydroxylation sites is 4. The Morgan fingerprint density at radius 2 is 0.651 bits per heavy atom. The molecule has 0 aliphatic heterocycles. The molecule has 4 heterocycles. The maximum Gasteiger partial charge on any atom is 0.336 e. The minimum Gasteiger partial charge on any atom is -0.478 e. The van der Waals surface area contributed by atoms with Crippen LogP contribution in [0.25, 0.3) is 22.1 Å². The lowest BCUT2D eigenvalue weighted by Gasteiger charge is -2.03. The summed E-state index contributed by atoms with van der Waals surface area (Å²) >= 11 is 0. The van der Waals surface area contributed by atoms with Crippen molar-refractivity contribution >= 4 is 80.1 Å². The predicted molar refractivity (Wildman–Crippen MR) is 300 cm³/mol. The van der Waals surface area contributed by atoms with Crippen LogP contribution in [0.3, 0.4) is 0 Å². The lowest BCUT2D eigenvalue weighted by molar-refractivity contribution is -0.394. The third kappa shape index (κ3) is 19.0. The third-order valence-electron chi connectivity index (χ3n) is 11.0. The molecule has 0 radical (unpaired) electrons. The highest BCUT2D eigenvalue weighted by molar-refractivity contribution is 5.90. The van der Waals surface area contributed by atoms with Crippen molar-refractivity contribution in [2.45, 2.75) is 13.1 Å². The van der Waals surface area contributed by atoms with Crippen LogP contribution in [0.15, 0.2) is 195 Å². The fraction of sp³-hybridized carbons (Fsp3) is 0.0370. The molecular weight excluding hydrogens is 1140 g/mol. The highest BCUT2D eigenvalue weighted by Crippen LogP contribution is 2.24. The van der Waals surface area contributed by atoms with Gasteiger partial charge in [-0.15, -0.1) is 0 Å². The number of carboxylic acid groups (broad SMARTS) is 4. The molecule has 6 aromatic carbocycles. The third-order valence-corrected chi connectivity index (χ3v) is 11.0. The average Bonchev–Trinajstić information content (AvgIpc) is 2.53. The Hall–Kier alpha value is -13.2. The van der Waals surface area contributed by atoms with Crippen molar-refractivity contribution in [3.8, 4) is 0 Å². The molecule has 0 aliphatic rings. The molecule has 10 rings (SSSR count). The van der Waals surface area contributed by atoms with E-state index in [0.29, 0.717) is 12.1 Å². The van der Waals surface area contributed by atoms with Gasteiger partial charge in [0, 0.05) is 73.3 Å². The van der Waals surface area contributed by atoms with E-state index < -0.39 is 87.3 Å². The number of hydrogen-bond acceptors (Lipinski definition) is 20. The standard InChI is InChI=1S/2C13H11N3.2C7H4N2O6.2C7H5NO4/c2*1-2-6-13-12(5-1)15-10-16(13)9-11-4-3-7-14-8-11;2*10-7(11)4-1-5(8(12)13)3-6(2-4)9(14)15;2*9-7(10)5-1-3-6(4-2-5)8(11)12/h2*1-8,10H,9H2;2*1-3H,(H,10,11);2*1-4H,(H,9,10). The van der Waals surface area contributed by atoms with E-state index in [9.17, 15) is 79.9 Å². The molecule has 32 nitrogen and oxygen atoms in total. The summed E-state index contributed by atoms with van der Waals surface area (Å²) in [7, 11) is 0. The van der Waals surface area contributed by atoms with Gasteiger partial charge in [-0.05, 0) is 71.8 Å². The summed E-state index contributed by atoms with van der Waals surface area (Å²) in [5, 5.41) is 95.6. The molecule has 0 saturated heterocycles. The van der Waals surface area contributed by atoms with Crippen molar-refractivity contribution < 1.29 is 69.1 Å². The van der Waals surface area contributed by atoms with E-state index in [2.05, 4.69) is 53.3 Å². The number of aromatic carboxylic acids is 4. The fourth-order valence-electron chi connectivity index (χ4n) is 6.96. The van der Waals surface area contributed by atoms with Crippen LogP contribution in [0.1, 0.15) is 52.6 Å². The predicted octanol–water partition coefficient (Wildman–Crippen LogP) is 9.95. The van der Waals surface area contributed by atoms with Gasteiger partial charge in [0.05, 0.1) is 112 Å². The first-order valence-corrected chi connectivity index (χ1v) is 23.8. The Morgan fingerprint density at radius 1 is 0.360 bits per heavy atom. The van der Waals surface area contributed by atoms with Crippen LogP contribution in [-0.2, 0) is 13.1 Å². The Kier molecular flexibility index (Phi) is 22.5. The van der Waals surface area contributed by atoms with E-state index in [-0.39, 0.29) is 22.5 Å². The van der Waals surface area contributed by atoms with Crippen molar-refractivity contribution in [3.63, 3.8) is 0 Å². The molecule has 86 heavy (non-hydrogen) atoms. The van der Waals surface area contributed by atoms with Gasteiger partial charge in [0.1, 0.15) is 0 Å². The van der Waals surface area contributed by atoms with E-state index in [0.717, 1.165) is 83.7 Å². The largest absolute Gasteiger partial charge is 0.478 e. The molecule has 0 fully saturated rings. The van der Waals surface area contributed by atoms with E-state index >= 15 is 0 Å². The van der Waals surface area contributed by atoms with Crippen molar-refractivity contribution in [1.82, 2.24) is 29.1 Å². The first kappa shape index (κ1) is 63.7. The number of carboxylic acids is 4. The molecule has 4 N–H and O–H groups in total. The van der Waals surface area contributed by atoms with Crippen molar-refractivity contribution in [2.75, 3.05) is 0 Å². The van der Waals surface area contributed by atoms with Gasteiger partial charge in [0.15, 0.2) is 0 Å². The van der Waals surface area contributed by atoms with Gasteiger partial charge >= 0.3 is 23.9 Å². The number of aromatic nitrogens is 6. The van der Waals surface area contributed by atoms with Gasteiger partial charge in [-0.1, -0.05) is 36.4 Å². The summed E-state index contributed by atoms with van der Waals surface area (Å²) in [6.45, 7) is 1.63. The minimum atomic E-state index is -1.46. The topological polar surface area (TPSA) is 469 Å². The first-order valence-electron chi connectivity index (χ1n) is 23.8. The maximum absolute atomic E-state index is 10.5. The van der Waals surface area contributed by atoms with Crippen LogP contribution >= 0.6 is 0 Å². The zero-order chi connectivity index (χ0) is 63.0. The van der Waals surface area contributed by atoms with Crippen molar-refractivity contribution in [1.29, 1.82) is 0 Å². The highest BCUT2D eigenvalue weighted by Gasteiger charge is 2.21. The van der Waals surface area contributed by atoms with E-state index in [1.165, 1.54) is 35.4 Å². The molecule has 0 bridgehead atoms. The number of nitro benzene ring substituents is 6. The SMILES string of the molecule is O=C(O)c1cc([N+](=O)[O-])cc([N+](=O)[O-])c1.O=C(O)c1cc([N+](=O)[O-])cc([N+](=O)[O-])c1.O=C(O)c1ccc([N+](=O)[O-])cc1.O=C(O)c1ccc([N+](=O)[O-])cc1.c1cncc(Cn2cnc3ccccc32)c1.c1cncc(Cn2cnc3ccccc32)c1. The summed E-state index contributed by atoms with van der Waals surface area (Å²) in [4.78, 5) is 116. The van der Waals surface area contributed by atoms with Gasteiger partial charge in [0.25, 0.3) is 34.1 Å². The van der Waals surface area contributed by atoms with Crippen molar-refractivity contribution in [3.05, 3.63) is 289 Å². The number of benzene rings is 6. The molecule has 0 amide bonds. The van der Waals surface area contributed by atoms with Gasteiger partial charge in [0.2, 0.25) is 0 Å². The second-order valence-corrected chi connectivity index (χ2v) is 16.8. The first-order chi connectivity index (χ1) is 40.9. The quantitative estimate of drug-likeness (QED) is 0.0580. The van der Waals surface area contributed by atoms with Gasteiger partial charge in [-0.2, -0.15) is 0 Å². The molecule has 0 spiro atoms. The summed E-state index contributed by atoms with van der Waals surface area (Å²) in [5.41, 5.74) is 3.14. The number of fused-ring (bicyclic) bond motifs is 2. The number of pyridine rings is 2. The lowest BCUT2D eigenvalue weighted by Crippen LogP contribution is -2.00. The molecule has 436 valence electrons. The summed E-state index contributed by atoms with van der Waals surface area (Å²) in [5.74, 6) is -5.10. The van der Waals surface area contributed by atoms with E-state index in [1.807, 2.05) is 73.6 Å². The van der Waals surface area contributed by atoms with Crippen molar-refractivity contribution in [2.24, 2.45) is 0 Å². The Balaban J connectivity index is 0.000000189. The number of nitrogens with zero attached hydrogens (tertiary/aromatic N) is 12. The Morgan fingerprint density at radius 3 is 0.907 bits per heavy atom. The van der Waals surface area contributed by atoms with Gasteiger partial charge in [-0.25, -0.2) is 29.1 Å². The zero-order valence-corrected chi connectivity index (χ0v) is 43.6. The molecule has 0 unspecified atom stereocenters. The summed E-state index contributed by atoms with van der Waals surface area (Å²) in [6, 6.07) is 38.2. The molecule has 0 atom stereocenters. The number of rotatable bonds is 14. The number of nitro groups is 6. The van der Waals surface area contributed by atoms with Crippen LogP contribution in [-0.4, -0.2) is 103 Å². The van der Waals surface area contributed by atoms with Crippen LogP contribution in [0.2, 0.25) is 0 Å². The van der Waals surface area contributed by atoms with Crippen LogP contribution in [0.4, 0.5) is 34.1 Å². The Bertz CT molecular complexity index is 3620. The monoisotopic (exact) mass is 1180 g/mol. The van der Waals surface area contributed by atoms with Crippen LogP contribution < -0.4 is 0 Å². The summed E-state index contributed by atoms with van der Waals surface area (Å²) < 4.78 is 4.26. The molecule has 0 saturated carbocycles. The normalized spacial score (nSPS) is 9.95. The average molecular weight is 1180 g/mol. The van der Waals surface area contributed by atoms with E-state index in [1.54, 1.807) is 12.4 Å². The minimum absolute atomic E-state index is 0.0422. The van der Waals surface area contributed by atoms with Gasteiger partial charge in [-0.3, -0.25) is 70.7 Å². The Labute approximate surface area is 479 Å². The summed E-state index contributed by atoms with van der Waals surface area (Å²) in [6.07, 6.45) is 11.1. The lowest BCUT2D eigenvalue weighted by atomic mass is 10.2. The highest BCUT2D eigenvalue weighted by atomic mass is 16.6. The van der Waals surface area contributed by atoms with Crippen LogP contribution in [0, 0.1) is 60.7 Å². The van der Waals surface area contributed by atoms with Crippen LogP contribution in [0.5, 0.6) is 0 Å². The second-order valence-electron chi connectivity index (χ2n) is 16.8. The molecule has 10 aromatic rings. The number of imidazole rings is 2. The zero-order valence-electron chi connectivity index (χ0n) is 43.6. The number of carbonyl (C=O) groups is 4. The fourth-order valence-corrected chi connectivity index (χ4v) is 6.96. The molecule has 4 aromatic heterocycles. The second kappa shape index (κ2) is 30.4. The maximum atomic E-state index is 10.5. The molecule has 0 aliphatic carbocycles.